The molecule has 1 aromatic rings. The second kappa shape index (κ2) is 22.7. The van der Waals surface area contributed by atoms with E-state index in [4.69, 9.17) is 9.47 Å². The third-order valence-corrected chi connectivity index (χ3v) is 6.48. The van der Waals surface area contributed by atoms with Gasteiger partial charge >= 0.3 is 0 Å². The molecule has 7 heteroatoms. The zero-order valence-corrected chi connectivity index (χ0v) is 26.0. The van der Waals surface area contributed by atoms with Gasteiger partial charge in [0, 0.05) is 18.7 Å². The van der Waals surface area contributed by atoms with Crippen LogP contribution in [0.25, 0.3) is 0 Å². The van der Waals surface area contributed by atoms with Crippen molar-refractivity contribution in [2.45, 2.75) is 131 Å². The number of aliphatic hydroxyl groups excluding tert-OH is 2. The van der Waals surface area contributed by atoms with E-state index in [1.807, 2.05) is 74.4 Å². The van der Waals surface area contributed by atoms with E-state index in [-0.39, 0.29) is 41.4 Å². The van der Waals surface area contributed by atoms with E-state index in [9.17, 15) is 15.0 Å². The van der Waals surface area contributed by atoms with Crippen LogP contribution in [0.2, 0.25) is 0 Å². The fourth-order valence-corrected chi connectivity index (χ4v) is 4.25. The van der Waals surface area contributed by atoms with E-state index in [1.54, 1.807) is 25.3 Å². The Morgan fingerprint density at radius 2 is 1.76 bits per heavy atom. The van der Waals surface area contributed by atoms with Crippen molar-refractivity contribution >= 4 is 16.9 Å². The van der Waals surface area contributed by atoms with E-state index < -0.39 is 6.10 Å². The number of ether oxygens (including phenoxy) is 2. The van der Waals surface area contributed by atoms with Gasteiger partial charge in [0.05, 0.1) is 30.5 Å². The smallest absolute Gasteiger partial charge is 0.218 e. The molecule has 0 spiro atoms. The molecule has 1 saturated heterocycles. The number of rotatable bonds is 13. The highest BCUT2D eigenvalue weighted by molar-refractivity contribution is 8.14. The molecule has 2 rings (SSSR count). The maximum absolute atomic E-state index is 12.3. The summed E-state index contributed by atoms with van der Waals surface area (Å²) in [6.45, 7) is 22.2. The number of pyridine rings is 1. The molecule has 1 aromatic heterocycles. The van der Waals surface area contributed by atoms with E-state index in [1.165, 1.54) is 0 Å². The Hall–Kier alpha value is -1.25. The molecule has 7 atom stereocenters. The zero-order valence-electron chi connectivity index (χ0n) is 25.2. The van der Waals surface area contributed by atoms with E-state index in [0.717, 1.165) is 23.8 Å². The number of nitrogens with zero attached hydrogens (tertiary/aromatic N) is 1. The van der Waals surface area contributed by atoms with Gasteiger partial charge in [-0.15, -0.1) is 0 Å². The molecule has 6 nitrogen and oxygen atoms in total. The molecule has 0 saturated carbocycles. The van der Waals surface area contributed by atoms with Gasteiger partial charge in [-0.05, 0) is 69.0 Å². The number of hydrogen-bond acceptors (Lipinski definition) is 7. The lowest BCUT2D eigenvalue weighted by Crippen LogP contribution is -2.31. The normalized spacial score (nSPS) is 20.3. The van der Waals surface area contributed by atoms with Crippen molar-refractivity contribution in [1.82, 2.24) is 4.98 Å². The van der Waals surface area contributed by atoms with Gasteiger partial charge in [0.1, 0.15) is 5.03 Å². The Balaban J connectivity index is 0. The molecule has 1 aliphatic rings. The summed E-state index contributed by atoms with van der Waals surface area (Å²) in [5.74, 6) is 0.399. The quantitative estimate of drug-likeness (QED) is 0.157. The molecule has 0 bridgehead atoms. The van der Waals surface area contributed by atoms with Gasteiger partial charge in [0.15, 0.2) is 0 Å². The first-order valence-electron chi connectivity index (χ1n) is 14.1. The van der Waals surface area contributed by atoms with Gasteiger partial charge in [-0.25, -0.2) is 4.98 Å². The van der Waals surface area contributed by atoms with Crippen LogP contribution in [-0.2, 0) is 14.3 Å². The first kappa shape index (κ1) is 37.9. The predicted octanol–water partition coefficient (Wildman–Crippen LogP) is 7.08. The maximum Gasteiger partial charge on any atom is 0.218 e. The van der Waals surface area contributed by atoms with Crippen LogP contribution in [0.5, 0.6) is 0 Å². The summed E-state index contributed by atoms with van der Waals surface area (Å²) in [7, 11) is 0. The van der Waals surface area contributed by atoms with Crippen LogP contribution in [0.4, 0.5) is 0 Å². The Morgan fingerprint density at radius 3 is 2.27 bits per heavy atom. The van der Waals surface area contributed by atoms with Crippen molar-refractivity contribution in [3.63, 3.8) is 0 Å². The number of carbonyl (C=O) groups excluding carboxylic acids is 1. The summed E-state index contributed by atoms with van der Waals surface area (Å²) < 4.78 is 11.8. The molecule has 0 radical (unpaired) electrons. The number of carbonyl (C=O) groups is 1. The van der Waals surface area contributed by atoms with Crippen LogP contribution < -0.4 is 0 Å². The molecule has 6 unspecified atom stereocenters. The summed E-state index contributed by atoms with van der Waals surface area (Å²) in [5.41, 5.74) is 0.870. The Kier molecular flexibility index (Phi) is 23.3. The lowest BCUT2D eigenvalue weighted by molar-refractivity contribution is -0.107. The molecule has 0 amide bonds. The van der Waals surface area contributed by atoms with E-state index >= 15 is 0 Å². The van der Waals surface area contributed by atoms with Gasteiger partial charge in [-0.3, -0.25) is 4.79 Å². The van der Waals surface area contributed by atoms with Gasteiger partial charge in [-0.2, -0.15) is 0 Å². The second-order valence-corrected chi connectivity index (χ2v) is 9.74. The first-order chi connectivity index (χ1) is 17.7. The van der Waals surface area contributed by atoms with Crippen molar-refractivity contribution in [3.05, 3.63) is 36.0 Å². The lowest BCUT2D eigenvalue weighted by atomic mass is 9.96. The van der Waals surface area contributed by atoms with E-state index in [2.05, 4.69) is 11.9 Å². The van der Waals surface area contributed by atoms with Gasteiger partial charge in [0.25, 0.3) is 0 Å². The number of aliphatic hydroxyl groups is 2. The van der Waals surface area contributed by atoms with Crippen molar-refractivity contribution in [1.29, 1.82) is 0 Å². The third-order valence-electron chi connectivity index (χ3n) is 5.71. The zero-order chi connectivity index (χ0) is 29.0. The highest BCUT2D eigenvalue weighted by Crippen LogP contribution is 2.35. The summed E-state index contributed by atoms with van der Waals surface area (Å²) in [5, 5.41) is 20.7. The minimum Gasteiger partial charge on any atom is -0.393 e. The minimum atomic E-state index is -0.589. The van der Waals surface area contributed by atoms with Crippen LogP contribution in [0, 0.1) is 11.8 Å². The second-order valence-electron chi connectivity index (χ2n) is 8.71. The Bertz CT molecular complexity index is 713. The largest absolute Gasteiger partial charge is 0.393 e. The van der Waals surface area contributed by atoms with E-state index in [0.29, 0.717) is 24.5 Å². The molecule has 1 fully saturated rings. The number of aromatic nitrogens is 1. The highest BCUT2D eigenvalue weighted by atomic mass is 32.2. The lowest BCUT2D eigenvalue weighted by Gasteiger charge is -2.24. The molecule has 0 aliphatic carbocycles. The van der Waals surface area contributed by atoms with Crippen LogP contribution in [-0.4, -0.2) is 57.4 Å². The SMILES string of the molecule is CC.CC.CC.CCC(O)C(C/C(C)=C/C(=O)Sc1ccccn1)OCC(C)CC1OC1[C@@H](C)C(C)O. The van der Waals surface area contributed by atoms with Gasteiger partial charge in [0.2, 0.25) is 5.12 Å². The molecule has 37 heavy (non-hydrogen) atoms. The van der Waals surface area contributed by atoms with Crippen LogP contribution >= 0.6 is 11.8 Å². The highest BCUT2D eigenvalue weighted by Gasteiger charge is 2.44. The number of hydrogen-bond donors (Lipinski definition) is 2. The summed E-state index contributed by atoms with van der Waals surface area (Å²) >= 11 is 1.09. The molecule has 216 valence electrons. The summed E-state index contributed by atoms with van der Waals surface area (Å²) in [6.07, 6.45) is 4.17. The first-order valence-corrected chi connectivity index (χ1v) is 15.0. The average Bonchev–Trinajstić information content (AvgIpc) is 3.68. The topological polar surface area (TPSA) is 92.2 Å². The molecule has 2 N–H and O–H groups in total. The van der Waals surface area contributed by atoms with Crippen molar-refractivity contribution in [3.8, 4) is 0 Å². The average molecular weight is 542 g/mol. The summed E-state index contributed by atoms with van der Waals surface area (Å²) in [4.78, 5) is 16.4. The number of thioether (sulfide) groups is 1. The molecular weight excluding hydrogens is 486 g/mol. The molecular formula is C30H55NO5S. The van der Waals surface area contributed by atoms with Crippen molar-refractivity contribution in [2.24, 2.45) is 11.8 Å². The summed E-state index contributed by atoms with van der Waals surface area (Å²) in [6, 6.07) is 5.46. The molecule has 2 heterocycles. The van der Waals surface area contributed by atoms with Gasteiger partial charge < -0.3 is 19.7 Å². The minimum absolute atomic E-state index is 0.0848. The standard InChI is InChI=1S/C24H37NO5S.3C2H6/c1-6-19(27)20(11-15(2)13-23(28)31-22-9-7-8-10-25-22)29-14-16(3)12-21-24(30-21)17(4)18(5)26;3*1-2/h7-10,13,16-21,24,26-27H,6,11-12,14H2,1-5H3;3*1-2H3/b15-13+;;;/t16?,17-,18?,19?,20?,21?,24?;;;/m0.../s1. The Morgan fingerprint density at radius 1 is 1.14 bits per heavy atom. The van der Waals surface area contributed by atoms with Crippen molar-refractivity contribution in [2.75, 3.05) is 6.61 Å². The predicted molar refractivity (Wildman–Crippen MR) is 157 cm³/mol. The van der Waals surface area contributed by atoms with Crippen LogP contribution in [0.1, 0.15) is 95.4 Å². The molecule has 1 aliphatic heterocycles. The fourth-order valence-electron chi connectivity index (χ4n) is 3.52. The monoisotopic (exact) mass is 541 g/mol. The molecule has 0 aromatic carbocycles. The fraction of sp³-hybridized carbons (Fsp3) is 0.733. The number of epoxide rings is 1. The van der Waals surface area contributed by atoms with Crippen LogP contribution in [0.15, 0.2) is 41.1 Å². The van der Waals surface area contributed by atoms with Crippen LogP contribution in [0.3, 0.4) is 0 Å². The maximum atomic E-state index is 12.3. The third kappa shape index (κ3) is 16.3. The van der Waals surface area contributed by atoms with Gasteiger partial charge in [-0.1, -0.05) is 74.0 Å². The van der Waals surface area contributed by atoms with Crippen molar-refractivity contribution < 1.29 is 24.5 Å². The Labute approximate surface area is 231 Å².